The lowest BCUT2D eigenvalue weighted by molar-refractivity contribution is -0.125. The number of nitrogens with zero attached hydrogens (tertiary/aromatic N) is 2. The van der Waals surface area contributed by atoms with Crippen molar-refractivity contribution in [1.29, 1.82) is 0 Å². The van der Waals surface area contributed by atoms with Gasteiger partial charge in [0.25, 0.3) is 5.91 Å². The van der Waals surface area contributed by atoms with Crippen LogP contribution in [0.2, 0.25) is 0 Å². The summed E-state index contributed by atoms with van der Waals surface area (Å²) in [5.74, 6) is -2.43. The van der Waals surface area contributed by atoms with Crippen molar-refractivity contribution in [3.05, 3.63) is 89.0 Å². The van der Waals surface area contributed by atoms with Crippen LogP contribution in [0.4, 0.5) is 21.9 Å². The monoisotopic (exact) mass is 604 g/mol. The van der Waals surface area contributed by atoms with Crippen LogP contribution in [0.15, 0.2) is 66.7 Å². The smallest absolute Gasteiger partial charge is 0.335 e. The zero-order chi connectivity index (χ0) is 31.5. The molecule has 3 N–H and O–H groups in total. The summed E-state index contributed by atoms with van der Waals surface area (Å²) in [5.41, 5.74) is 1.90. The number of carboxylic acids is 1. The minimum atomic E-state index is -1.27. The van der Waals surface area contributed by atoms with Crippen molar-refractivity contribution in [3.8, 4) is 0 Å². The van der Waals surface area contributed by atoms with Gasteiger partial charge in [-0.15, -0.1) is 11.6 Å². The molecule has 3 aromatic carbocycles. The molecule has 0 bridgehead atoms. The third kappa shape index (κ3) is 6.86. The number of carboxylic acid groups (broad SMARTS) is 1. The Hall–Kier alpha value is -4.70. The number of ketones is 1. The fourth-order valence-corrected chi connectivity index (χ4v) is 4.91. The predicted molar refractivity (Wildman–Crippen MR) is 165 cm³/mol. The van der Waals surface area contributed by atoms with Gasteiger partial charge in [0.15, 0.2) is 5.78 Å². The first kappa shape index (κ1) is 31.2. The van der Waals surface area contributed by atoms with Crippen LogP contribution in [0.3, 0.4) is 0 Å². The second-order valence-electron chi connectivity index (χ2n) is 11.1. The van der Waals surface area contributed by atoms with Crippen LogP contribution < -0.4 is 20.4 Å². The van der Waals surface area contributed by atoms with E-state index in [1.54, 1.807) is 57.2 Å². The molecule has 224 valence electrons. The number of Topliss-reactive ketones (excluding diaryl/α,β-unsaturated/α-hetero) is 1. The number of anilines is 3. The summed E-state index contributed by atoms with van der Waals surface area (Å²) < 4.78 is 0. The number of fused-ring (bicyclic) bond motifs is 1. The van der Waals surface area contributed by atoms with Crippen molar-refractivity contribution < 1.29 is 29.1 Å². The Kier molecular flexibility index (Phi) is 9.20. The van der Waals surface area contributed by atoms with E-state index in [9.17, 15) is 29.1 Å². The summed E-state index contributed by atoms with van der Waals surface area (Å²) in [5, 5.41) is 14.5. The van der Waals surface area contributed by atoms with Crippen molar-refractivity contribution in [2.24, 2.45) is 5.41 Å². The van der Waals surface area contributed by atoms with Gasteiger partial charge in [0.2, 0.25) is 5.91 Å². The topological polar surface area (TPSA) is 136 Å². The molecule has 1 unspecified atom stereocenters. The summed E-state index contributed by atoms with van der Waals surface area (Å²) in [7, 11) is 0. The molecule has 10 nitrogen and oxygen atoms in total. The molecule has 1 atom stereocenters. The average Bonchev–Trinajstić information content (AvgIpc) is 3.07. The Balaban J connectivity index is 1.75. The second kappa shape index (κ2) is 12.7. The minimum absolute atomic E-state index is 0.00541. The van der Waals surface area contributed by atoms with Gasteiger partial charge < -0.3 is 25.5 Å². The van der Waals surface area contributed by atoms with Crippen LogP contribution in [0.1, 0.15) is 45.7 Å². The van der Waals surface area contributed by atoms with Crippen molar-refractivity contribution in [3.63, 3.8) is 0 Å². The van der Waals surface area contributed by atoms with Gasteiger partial charge in [0, 0.05) is 17.1 Å². The first-order valence-electron chi connectivity index (χ1n) is 13.6. The molecule has 4 rings (SSSR count). The fourth-order valence-electron chi connectivity index (χ4n) is 4.80. The zero-order valence-electron chi connectivity index (χ0n) is 24.3. The van der Waals surface area contributed by atoms with Crippen molar-refractivity contribution in [2.45, 2.75) is 33.7 Å². The van der Waals surface area contributed by atoms with Crippen LogP contribution >= 0.6 is 11.6 Å². The Morgan fingerprint density at radius 3 is 2.37 bits per heavy atom. The summed E-state index contributed by atoms with van der Waals surface area (Å²) >= 11 is 6.16. The predicted octanol–water partition coefficient (Wildman–Crippen LogP) is 5.02. The summed E-state index contributed by atoms with van der Waals surface area (Å²) in [6, 6.07) is 15.9. The SMILES string of the molecule is Cc1ccc2c(c1)N(CC(=O)c1ccccc1C)C(=O)C(NC(=O)Nc1cccc(C(=O)O)c1)CN2C(=O)C(C)(C)CCl. The number of benzene rings is 3. The number of alkyl halides is 1. The first-order chi connectivity index (χ1) is 20.3. The molecule has 0 saturated heterocycles. The fraction of sp³-hybridized carbons (Fsp3) is 0.281. The summed E-state index contributed by atoms with van der Waals surface area (Å²) in [6.07, 6.45) is 0. The molecule has 4 amide bonds. The molecule has 11 heteroatoms. The largest absolute Gasteiger partial charge is 0.478 e. The van der Waals surface area contributed by atoms with Crippen molar-refractivity contribution in [1.82, 2.24) is 5.32 Å². The molecule has 0 fully saturated rings. The Labute approximate surface area is 254 Å². The number of aromatic carboxylic acids is 1. The van der Waals surface area contributed by atoms with Crippen molar-refractivity contribution in [2.75, 3.05) is 34.1 Å². The number of hydrogen-bond donors (Lipinski definition) is 3. The summed E-state index contributed by atoms with van der Waals surface area (Å²) in [6.45, 7) is 6.45. The van der Waals surface area contributed by atoms with Crippen LogP contribution in [0, 0.1) is 19.3 Å². The van der Waals surface area contributed by atoms with Gasteiger partial charge in [0.1, 0.15) is 6.04 Å². The van der Waals surface area contributed by atoms with Gasteiger partial charge in [-0.3, -0.25) is 14.4 Å². The van der Waals surface area contributed by atoms with Gasteiger partial charge in [-0.05, 0) is 69.2 Å². The molecular formula is C32H33ClN4O6. The quantitative estimate of drug-likeness (QED) is 0.244. The third-order valence-electron chi connectivity index (χ3n) is 7.22. The molecule has 1 heterocycles. The Morgan fingerprint density at radius 2 is 1.70 bits per heavy atom. The molecule has 0 spiro atoms. The van der Waals surface area contributed by atoms with Gasteiger partial charge >= 0.3 is 12.0 Å². The lowest BCUT2D eigenvalue weighted by atomic mass is 9.93. The van der Waals surface area contributed by atoms with E-state index in [4.69, 9.17) is 11.6 Å². The molecule has 0 aromatic heterocycles. The van der Waals surface area contributed by atoms with Gasteiger partial charge in [0.05, 0.1) is 35.4 Å². The van der Waals surface area contributed by atoms with E-state index in [1.165, 1.54) is 34.1 Å². The average molecular weight is 605 g/mol. The number of urea groups is 1. The van der Waals surface area contributed by atoms with E-state index in [0.29, 0.717) is 16.9 Å². The number of nitrogens with one attached hydrogen (secondary N) is 2. The molecule has 1 aliphatic heterocycles. The normalized spacial score (nSPS) is 14.9. The van der Waals surface area contributed by atoms with Gasteiger partial charge in [-0.1, -0.05) is 36.4 Å². The van der Waals surface area contributed by atoms with E-state index >= 15 is 0 Å². The first-order valence-corrected chi connectivity index (χ1v) is 14.2. The van der Waals surface area contributed by atoms with Gasteiger partial charge in [-0.2, -0.15) is 0 Å². The zero-order valence-corrected chi connectivity index (χ0v) is 25.1. The highest BCUT2D eigenvalue weighted by Gasteiger charge is 2.41. The lowest BCUT2D eigenvalue weighted by Gasteiger charge is -2.32. The highest BCUT2D eigenvalue weighted by molar-refractivity contribution is 6.21. The van der Waals surface area contributed by atoms with Crippen LogP contribution in [-0.2, 0) is 9.59 Å². The standard InChI is InChI=1S/C32H33ClN4O6/c1-19-12-13-25-26(14-19)36(17-27(38)23-11-6-5-8-20(23)2)28(39)24(16-37(25)30(42)32(3,4)18-33)35-31(43)34-22-10-7-9-21(15-22)29(40)41/h5-15,24H,16-18H2,1-4H3,(H,40,41)(H2,34,35,43). The highest BCUT2D eigenvalue weighted by Crippen LogP contribution is 2.37. The molecule has 43 heavy (non-hydrogen) atoms. The third-order valence-corrected chi connectivity index (χ3v) is 7.89. The number of hydrogen-bond acceptors (Lipinski definition) is 5. The minimum Gasteiger partial charge on any atom is -0.478 e. The van der Waals surface area contributed by atoms with Crippen LogP contribution in [0.25, 0.3) is 0 Å². The maximum Gasteiger partial charge on any atom is 0.335 e. The number of halogens is 1. The van der Waals surface area contributed by atoms with E-state index in [1.807, 2.05) is 13.0 Å². The second-order valence-corrected chi connectivity index (χ2v) is 11.4. The Morgan fingerprint density at radius 1 is 0.977 bits per heavy atom. The Bertz CT molecular complexity index is 1600. The van der Waals surface area contributed by atoms with E-state index in [-0.39, 0.29) is 41.9 Å². The number of aryl methyl sites for hydroxylation is 2. The molecule has 1 aliphatic rings. The molecule has 0 saturated carbocycles. The van der Waals surface area contributed by atoms with Gasteiger partial charge in [-0.25, -0.2) is 9.59 Å². The van der Waals surface area contributed by atoms with Crippen LogP contribution in [0.5, 0.6) is 0 Å². The van der Waals surface area contributed by atoms with Crippen LogP contribution in [-0.4, -0.2) is 59.7 Å². The molecule has 0 aliphatic carbocycles. The number of carbonyl (C=O) groups excluding carboxylic acids is 4. The molecule has 0 radical (unpaired) electrons. The number of carbonyl (C=O) groups is 5. The number of rotatable bonds is 8. The lowest BCUT2D eigenvalue weighted by Crippen LogP contribution is -2.55. The summed E-state index contributed by atoms with van der Waals surface area (Å²) in [4.78, 5) is 68.8. The van der Waals surface area contributed by atoms with E-state index in [2.05, 4.69) is 10.6 Å². The van der Waals surface area contributed by atoms with Crippen molar-refractivity contribution >= 4 is 58.3 Å². The highest BCUT2D eigenvalue weighted by atomic mass is 35.5. The molecular weight excluding hydrogens is 572 g/mol. The molecule has 3 aromatic rings. The maximum absolute atomic E-state index is 14.2. The van der Waals surface area contributed by atoms with E-state index in [0.717, 1.165) is 11.1 Å². The van der Waals surface area contributed by atoms with E-state index < -0.39 is 29.4 Å². The maximum atomic E-state index is 14.2. The number of amides is 4.